The van der Waals surface area contributed by atoms with Crippen LogP contribution in [0.15, 0.2) is 54.6 Å². The van der Waals surface area contributed by atoms with Crippen LogP contribution in [0.5, 0.6) is 0 Å². The van der Waals surface area contributed by atoms with Gasteiger partial charge in [0.05, 0.1) is 16.9 Å². The fraction of sp³-hybridized carbons (Fsp3) is 0.111. The van der Waals surface area contributed by atoms with Crippen LogP contribution in [0.4, 0.5) is 11.5 Å². The summed E-state index contributed by atoms with van der Waals surface area (Å²) in [4.78, 5) is 12.5. The molecular formula is C18H16N4O2. The number of anilines is 2. The van der Waals surface area contributed by atoms with Gasteiger partial charge in [0.1, 0.15) is 5.82 Å². The molecule has 6 nitrogen and oxygen atoms in total. The highest BCUT2D eigenvalue weighted by Gasteiger charge is 2.50. The largest absolute Gasteiger partial charge is 0.383 e. The van der Waals surface area contributed by atoms with Crippen LogP contribution in [0.1, 0.15) is 16.8 Å². The lowest BCUT2D eigenvalue weighted by atomic mass is 9.87. The molecule has 0 saturated heterocycles. The molecule has 6 heteroatoms. The van der Waals surface area contributed by atoms with Crippen LogP contribution < -0.4 is 11.1 Å². The van der Waals surface area contributed by atoms with Crippen molar-refractivity contribution in [2.24, 2.45) is 0 Å². The highest BCUT2D eigenvalue weighted by molar-refractivity contribution is 6.08. The molecule has 0 fully saturated rings. The van der Waals surface area contributed by atoms with Crippen molar-refractivity contribution in [2.45, 2.75) is 12.5 Å². The third kappa shape index (κ3) is 1.80. The van der Waals surface area contributed by atoms with E-state index in [1.54, 1.807) is 31.2 Å². The van der Waals surface area contributed by atoms with E-state index in [4.69, 9.17) is 5.73 Å². The van der Waals surface area contributed by atoms with Crippen LogP contribution in [-0.4, -0.2) is 20.8 Å². The van der Waals surface area contributed by atoms with Gasteiger partial charge in [0.15, 0.2) is 0 Å². The van der Waals surface area contributed by atoms with Crippen LogP contribution in [-0.2, 0) is 10.4 Å². The molecule has 0 aliphatic carbocycles. The van der Waals surface area contributed by atoms with Crippen molar-refractivity contribution in [1.82, 2.24) is 9.78 Å². The molecule has 0 unspecified atom stereocenters. The highest BCUT2D eigenvalue weighted by atomic mass is 16.3. The first kappa shape index (κ1) is 14.5. The van der Waals surface area contributed by atoms with Crippen LogP contribution in [0.25, 0.3) is 5.69 Å². The monoisotopic (exact) mass is 320 g/mol. The second-order valence-corrected chi connectivity index (χ2v) is 5.80. The summed E-state index contributed by atoms with van der Waals surface area (Å²) in [6.45, 7) is 1.73. The molecule has 3 aromatic rings. The molecular weight excluding hydrogens is 304 g/mol. The Morgan fingerprint density at radius 3 is 2.54 bits per heavy atom. The van der Waals surface area contributed by atoms with Gasteiger partial charge in [-0.1, -0.05) is 36.4 Å². The number of amides is 1. The maximum Gasteiger partial charge on any atom is 0.266 e. The van der Waals surface area contributed by atoms with Gasteiger partial charge in [-0.3, -0.25) is 4.79 Å². The van der Waals surface area contributed by atoms with E-state index in [2.05, 4.69) is 10.4 Å². The quantitative estimate of drug-likeness (QED) is 0.673. The first-order valence-corrected chi connectivity index (χ1v) is 7.58. The first-order chi connectivity index (χ1) is 11.5. The predicted molar refractivity (Wildman–Crippen MR) is 90.8 cm³/mol. The smallest absolute Gasteiger partial charge is 0.266 e. The number of aliphatic hydroxyl groups is 1. The molecule has 120 valence electrons. The molecule has 0 spiro atoms. The summed E-state index contributed by atoms with van der Waals surface area (Å²) >= 11 is 0. The molecule has 24 heavy (non-hydrogen) atoms. The van der Waals surface area contributed by atoms with Gasteiger partial charge in [0.2, 0.25) is 5.60 Å². The number of benzene rings is 2. The van der Waals surface area contributed by atoms with Gasteiger partial charge in [0, 0.05) is 11.3 Å². The van der Waals surface area contributed by atoms with Crippen molar-refractivity contribution in [3.63, 3.8) is 0 Å². The molecule has 0 saturated carbocycles. The number of carbonyl (C=O) groups excluding carboxylic acids is 1. The maximum atomic E-state index is 12.5. The molecule has 0 bridgehead atoms. The number of para-hydroxylation sites is 2. The molecule has 2 aromatic carbocycles. The van der Waals surface area contributed by atoms with Gasteiger partial charge in [-0.25, -0.2) is 4.68 Å². The summed E-state index contributed by atoms with van der Waals surface area (Å²) in [6, 6.07) is 16.4. The number of nitrogen functional groups attached to an aromatic ring is 1. The summed E-state index contributed by atoms with van der Waals surface area (Å²) in [6.07, 6.45) is 0. The van der Waals surface area contributed by atoms with Crippen molar-refractivity contribution in [3.05, 3.63) is 71.4 Å². The van der Waals surface area contributed by atoms with E-state index in [9.17, 15) is 9.90 Å². The third-order valence-electron chi connectivity index (χ3n) is 4.35. The minimum Gasteiger partial charge on any atom is -0.383 e. The summed E-state index contributed by atoms with van der Waals surface area (Å²) in [5, 5.41) is 18.4. The number of fused-ring (bicyclic) bond motifs is 1. The van der Waals surface area contributed by atoms with E-state index < -0.39 is 11.5 Å². The second kappa shape index (κ2) is 4.94. The van der Waals surface area contributed by atoms with Gasteiger partial charge in [-0.15, -0.1) is 0 Å². The standard InChI is InChI=1S/C18H16N4O2/c1-11-15(16(19)22(21-11)12-7-3-2-4-8-12)18(24)13-9-5-6-10-14(13)20-17(18)23/h2-10,24H,19H2,1H3,(H,20,23)/t18-/m1/s1. The number of aromatic nitrogens is 2. The third-order valence-corrected chi connectivity index (χ3v) is 4.35. The lowest BCUT2D eigenvalue weighted by Gasteiger charge is -2.21. The van der Waals surface area contributed by atoms with Crippen molar-refractivity contribution in [3.8, 4) is 5.69 Å². The first-order valence-electron chi connectivity index (χ1n) is 7.58. The average Bonchev–Trinajstić information content (AvgIpc) is 3.03. The van der Waals surface area contributed by atoms with Crippen LogP contribution in [0.2, 0.25) is 0 Å². The van der Waals surface area contributed by atoms with Crippen molar-refractivity contribution in [2.75, 3.05) is 11.1 Å². The van der Waals surface area contributed by atoms with E-state index in [0.717, 1.165) is 5.69 Å². The van der Waals surface area contributed by atoms with Crippen molar-refractivity contribution >= 4 is 17.4 Å². The molecule has 4 N–H and O–H groups in total. The minimum absolute atomic E-state index is 0.244. The number of nitrogens with one attached hydrogen (secondary N) is 1. The Hall–Kier alpha value is -3.12. The minimum atomic E-state index is -1.85. The number of nitrogens with zero attached hydrogens (tertiary/aromatic N) is 2. The van der Waals surface area contributed by atoms with Gasteiger partial charge < -0.3 is 16.2 Å². The lowest BCUT2D eigenvalue weighted by molar-refractivity contribution is -0.129. The maximum absolute atomic E-state index is 12.5. The predicted octanol–water partition coefficient (Wildman–Crippen LogP) is 1.95. The molecule has 1 aliphatic heterocycles. The average molecular weight is 320 g/mol. The Labute approximate surface area is 138 Å². The highest BCUT2D eigenvalue weighted by Crippen LogP contribution is 2.44. The number of aryl methyl sites for hydroxylation is 1. The van der Waals surface area contributed by atoms with Crippen LogP contribution in [0.3, 0.4) is 0 Å². The number of hydrogen-bond donors (Lipinski definition) is 3. The van der Waals surface area contributed by atoms with Crippen molar-refractivity contribution in [1.29, 1.82) is 0 Å². The van der Waals surface area contributed by atoms with E-state index in [0.29, 0.717) is 22.5 Å². The molecule has 1 atom stereocenters. The lowest BCUT2D eigenvalue weighted by Crippen LogP contribution is -2.36. The zero-order valence-corrected chi connectivity index (χ0v) is 13.0. The molecule has 1 amide bonds. The molecule has 1 aromatic heterocycles. The van der Waals surface area contributed by atoms with Gasteiger partial charge in [-0.05, 0) is 25.1 Å². The number of rotatable bonds is 2. The van der Waals surface area contributed by atoms with E-state index in [1.807, 2.05) is 30.3 Å². The fourth-order valence-corrected chi connectivity index (χ4v) is 3.25. The summed E-state index contributed by atoms with van der Waals surface area (Å²) < 4.78 is 1.54. The Balaban J connectivity index is 1.95. The van der Waals surface area contributed by atoms with E-state index >= 15 is 0 Å². The molecule has 1 aliphatic rings. The van der Waals surface area contributed by atoms with Gasteiger partial charge in [0.25, 0.3) is 5.91 Å². The Kier molecular flexibility index (Phi) is 2.98. The van der Waals surface area contributed by atoms with Crippen LogP contribution in [0, 0.1) is 6.92 Å². The normalized spacial score (nSPS) is 19.2. The van der Waals surface area contributed by atoms with E-state index in [-0.39, 0.29) is 5.82 Å². The zero-order valence-electron chi connectivity index (χ0n) is 13.0. The second-order valence-electron chi connectivity index (χ2n) is 5.80. The molecule has 2 heterocycles. The number of carbonyl (C=O) groups is 1. The summed E-state index contributed by atoms with van der Waals surface area (Å²) in [5.74, 6) is -0.279. The number of nitrogens with two attached hydrogens (primary N) is 1. The Morgan fingerprint density at radius 1 is 1.12 bits per heavy atom. The Bertz CT molecular complexity index is 949. The van der Waals surface area contributed by atoms with Gasteiger partial charge >= 0.3 is 0 Å². The summed E-state index contributed by atoms with van der Waals surface area (Å²) in [5.41, 5.74) is 7.08. The van der Waals surface area contributed by atoms with Crippen LogP contribution >= 0.6 is 0 Å². The zero-order chi connectivity index (χ0) is 16.9. The molecule has 4 rings (SSSR count). The van der Waals surface area contributed by atoms with Gasteiger partial charge in [-0.2, -0.15) is 5.10 Å². The Morgan fingerprint density at radius 2 is 1.79 bits per heavy atom. The molecule has 0 radical (unpaired) electrons. The van der Waals surface area contributed by atoms with Crippen molar-refractivity contribution < 1.29 is 9.90 Å². The summed E-state index contributed by atoms with van der Waals surface area (Å²) in [7, 11) is 0. The van der Waals surface area contributed by atoms with E-state index in [1.165, 1.54) is 4.68 Å². The number of hydrogen-bond acceptors (Lipinski definition) is 4. The topological polar surface area (TPSA) is 93.2 Å². The fourth-order valence-electron chi connectivity index (χ4n) is 3.25. The SMILES string of the molecule is Cc1nn(-c2ccccc2)c(N)c1[C@@]1(O)C(=O)Nc2ccccc21.